The van der Waals surface area contributed by atoms with Gasteiger partial charge in [0.15, 0.2) is 5.82 Å². The zero-order chi connectivity index (χ0) is 18.6. The number of hydrogen-bond acceptors (Lipinski definition) is 5. The van der Waals surface area contributed by atoms with E-state index < -0.39 is 0 Å². The van der Waals surface area contributed by atoms with Crippen LogP contribution < -0.4 is 9.80 Å². The summed E-state index contributed by atoms with van der Waals surface area (Å²) in [6, 6.07) is 11.7. The molecule has 6 nitrogen and oxygen atoms in total. The molecule has 2 fully saturated rings. The smallest absolute Gasteiger partial charge is 0.227 e. The zero-order valence-corrected chi connectivity index (χ0v) is 16.1. The molecule has 1 aromatic heterocycles. The molecule has 3 heterocycles. The maximum atomic E-state index is 13.1. The van der Waals surface area contributed by atoms with E-state index in [1.165, 1.54) is 0 Å². The van der Waals surface area contributed by atoms with Crippen LogP contribution in [0, 0.1) is 5.92 Å². The summed E-state index contributed by atoms with van der Waals surface area (Å²) >= 11 is 6.32. The lowest BCUT2D eigenvalue weighted by Gasteiger charge is -2.25. The highest BCUT2D eigenvalue weighted by Crippen LogP contribution is 2.31. The summed E-state index contributed by atoms with van der Waals surface area (Å²) in [6.45, 7) is 4.85. The van der Waals surface area contributed by atoms with E-state index in [1.54, 1.807) is 6.20 Å². The second kappa shape index (κ2) is 8.13. The molecule has 142 valence electrons. The minimum absolute atomic E-state index is 0.0457. The first-order chi connectivity index (χ1) is 13.2. The average Bonchev–Trinajstić information content (AvgIpc) is 3.06. The van der Waals surface area contributed by atoms with Gasteiger partial charge in [0.1, 0.15) is 0 Å². The highest BCUT2D eigenvalue weighted by atomic mass is 35.5. The number of carbonyl (C=O) groups excluding carboxylic acids is 1. The molecule has 0 radical (unpaired) electrons. The molecule has 7 heteroatoms. The van der Waals surface area contributed by atoms with Gasteiger partial charge in [0.25, 0.3) is 0 Å². The van der Waals surface area contributed by atoms with Crippen molar-refractivity contribution in [2.24, 2.45) is 5.92 Å². The number of hydrogen-bond donors (Lipinski definition) is 0. The Morgan fingerprint density at radius 1 is 1.00 bits per heavy atom. The first-order valence-corrected chi connectivity index (χ1v) is 9.91. The van der Waals surface area contributed by atoms with E-state index >= 15 is 0 Å². The van der Waals surface area contributed by atoms with Gasteiger partial charge in [-0.15, -0.1) is 5.10 Å². The second-order valence-corrected chi connectivity index (χ2v) is 7.54. The van der Waals surface area contributed by atoms with Crippen molar-refractivity contribution in [3.63, 3.8) is 0 Å². The van der Waals surface area contributed by atoms with Crippen LogP contribution in [0.5, 0.6) is 0 Å². The first kappa shape index (κ1) is 18.0. The number of aromatic nitrogens is 2. The average molecular weight is 386 g/mol. The molecule has 27 heavy (non-hydrogen) atoms. The van der Waals surface area contributed by atoms with Gasteiger partial charge in [-0.05, 0) is 37.1 Å². The number of amides is 1. The number of anilines is 2. The van der Waals surface area contributed by atoms with Crippen LogP contribution in [0.2, 0.25) is 5.02 Å². The van der Waals surface area contributed by atoms with E-state index in [1.807, 2.05) is 41.3 Å². The molecule has 2 aromatic rings. The Hall–Kier alpha value is -2.34. The van der Waals surface area contributed by atoms with Crippen molar-refractivity contribution < 1.29 is 4.79 Å². The van der Waals surface area contributed by atoms with Crippen LogP contribution in [0.1, 0.15) is 12.8 Å². The molecule has 2 saturated heterocycles. The van der Waals surface area contributed by atoms with Crippen LogP contribution in [-0.4, -0.2) is 60.3 Å². The van der Waals surface area contributed by atoms with Crippen molar-refractivity contribution in [2.75, 3.05) is 49.1 Å². The summed E-state index contributed by atoms with van der Waals surface area (Å²) in [7, 11) is 0. The van der Waals surface area contributed by atoms with Crippen LogP contribution in [0.25, 0.3) is 0 Å². The molecule has 0 N–H and O–H groups in total. The van der Waals surface area contributed by atoms with Gasteiger partial charge in [-0.25, -0.2) is 0 Å². The molecule has 2 aliphatic rings. The Morgan fingerprint density at radius 3 is 2.70 bits per heavy atom. The normalized spacial score (nSPS) is 20.6. The SMILES string of the molecule is O=C([C@@H]1CCN(c2ccccc2Cl)C1)N1CCCN(c2cccnn2)CC1. The molecule has 2 aliphatic heterocycles. The lowest BCUT2D eigenvalue weighted by molar-refractivity contribution is -0.134. The molecule has 1 amide bonds. The fourth-order valence-corrected chi connectivity index (χ4v) is 4.23. The summed E-state index contributed by atoms with van der Waals surface area (Å²) in [5.41, 5.74) is 1.03. The molecule has 0 unspecified atom stereocenters. The molecular weight excluding hydrogens is 362 g/mol. The van der Waals surface area contributed by atoms with Gasteiger partial charge in [-0.1, -0.05) is 23.7 Å². The number of rotatable bonds is 3. The summed E-state index contributed by atoms with van der Waals surface area (Å²) in [6.07, 6.45) is 3.51. The highest BCUT2D eigenvalue weighted by Gasteiger charge is 2.33. The maximum Gasteiger partial charge on any atom is 0.227 e. The summed E-state index contributed by atoms with van der Waals surface area (Å²) in [5.74, 6) is 1.20. The Balaban J connectivity index is 1.37. The predicted molar refractivity (Wildman–Crippen MR) is 107 cm³/mol. The topological polar surface area (TPSA) is 52.6 Å². The van der Waals surface area contributed by atoms with Crippen LogP contribution in [0.4, 0.5) is 11.5 Å². The van der Waals surface area contributed by atoms with Gasteiger partial charge in [-0.3, -0.25) is 4.79 Å². The van der Waals surface area contributed by atoms with E-state index in [0.717, 1.165) is 68.6 Å². The van der Waals surface area contributed by atoms with Gasteiger partial charge in [0.2, 0.25) is 5.91 Å². The monoisotopic (exact) mass is 385 g/mol. The lowest BCUT2D eigenvalue weighted by Crippen LogP contribution is -2.40. The minimum Gasteiger partial charge on any atom is -0.370 e. The van der Waals surface area contributed by atoms with Crippen molar-refractivity contribution in [1.29, 1.82) is 0 Å². The Bertz CT molecular complexity index is 787. The quantitative estimate of drug-likeness (QED) is 0.813. The van der Waals surface area contributed by atoms with Gasteiger partial charge in [0.05, 0.1) is 16.6 Å². The van der Waals surface area contributed by atoms with E-state index in [9.17, 15) is 4.79 Å². The Labute approximate surface area is 164 Å². The molecule has 4 rings (SSSR count). The second-order valence-electron chi connectivity index (χ2n) is 7.13. The third-order valence-corrected chi connectivity index (χ3v) is 5.74. The van der Waals surface area contributed by atoms with Gasteiger partial charge in [-0.2, -0.15) is 5.10 Å². The molecule has 0 aliphatic carbocycles. The van der Waals surface area contributed by atoms with Gasteiger partial charge in [0, 0.05) is 45.5 Å². The zero-order valence-electron chi connectivity index (χ0n) is 15.3. The molecular formula is C20H24ClN5O. The van der Waals surface area contributed by atoms with E-state index in [2.05, 4.69) is 20.0 Å². The Kier molecular flexibility index (Phi) is 5.43. The van der Waals surface area contributed by atoms with Crippen LogP contribution >= 0.6 is 11.6 Å². The molecule has 0 saturated carbocycles. The van der Waals surface area contributed by atoms with Crippen LogP contribution in [-0.2, 0) is 4.79 Å². The van der Waals surface area contributed by atoms with E-state index in [4.69, 9.17) is 11.6 Å². The molecule has 0 bridgehead atoms. The Morgan fingerprint density at radius 2 is 1.89 bits per heavy atom. The minimum atomic E-state index is 0.0457. The molecule has 0 spiro atoms. The van der Waals surface area contributed by atoms with Gasteiger partial charge < -0.3 is 14.7 Å². The largest absolute Gasteiger partial charge is 0.370 e. The summed E-state index contributed by atoms with van der Waals surface area (Å²) in [4.78, 5) is 19.5. The summed E-state index contributed by atoms with van der Waals surface area (Å²) < 4.78 is 0. The molecule has 1 aromatic carbocycles. The van der Waals surface area contributed by atoms with Crippen LogP contribution in [0.15, 0.2) is 42.6 Å². The van der Waals surface area contributed by atoms with E-state index in [-0.39, 0.29) is 11.8 Å². The van der Waals surface area contributed by atoms with Crippen molar-refractivity contribution in [3.05, 3.63) is 47.6 Å². The fourth-order valence-electron chi connectivity index (χ4n) is 3.98. The fraction of sp³-hybridized carbons (Fsp3) is 0.450. The van der Waals surface area contributed by atoms with Crippen LogP contribution in [0.3, 0.4) is 0 Å². The maximum absolute atomic E-state index is 13.1. The number of para-hydroxylation sites is 1. The van der Waals surface area contributed by atoms with Crippen molar-refractivity contribution in [3.8, 4) is 0 Å². The van der Waals surface area contributed by atoms with Gasteiger partial charge >= 0.3 is 0 Å². The van der Waals surface area contributed by atoms with Crippen molar-refractivity contribution >= 4 is 29.0 Å². The highest BCUT2D eigenvalue weighted by molar-refractivity contribution is 6.33. The predicted octanol–water partition coefficient (Wildman–Crippen LogP) is 2.70. The number of carbonyl (C=O) groups is 1. The summed E-state index contributed by atoms with van der Waals surface area (Å²) in [5, 5.41) is 8.91. The van der Waals surface area contributed by atoms with Crippen molar-refractivity contribution in [1.82, 2.24) is 15.1 Å². The first-order valence-electron chi connectivity index (χ1n) is 9.53. The van der Waals surface area contributed by atoms with Crippen molar-refractivity contribution in [2.45, 2.75) is 12.8 Å². The third-order valence-electron chi connectivity index (χ3n) is 5.42. The standard InChI is InChI=1S/C20H24ClN5O/c21-17-5-1-2-6-18(17)26-12-8-16(15-26)20(27)25-11-4-10-24(13-14-25)19-7-3-9-22-23-19/h1-3,5-7,9,16H,4,8,10-15H2/t16-/m1/s1. The van der Waals surface area contributed by atoms with E-state index in [0.29, 0.717) is 0 Å². The lowest BCUT2D eigenvalue weighted by atomic mass is 10.1. The molecule has 1 atom stereocenters. The number of halogens is 1. The third kappa shape index (κ3) is 4.00. The number of benzene rings is 1. The number of nitrogens with zero attached hydrogens (tertiary/aromatic N) is 5.